The Balaban J connectivity index is 2.04. The van der Waals surface area contributed by atoms with Crippen LogP contribution < -0.4 is 14.8 Å². The number of methoxy groups -OCH3 is 2. The van der Waals surface area contributed by atoms with E-state index in [4.69, 9.17) is 14.2 Å². The van der Waals surface area contributed by atoms with Crippen molar-refractivity contribution >= 4 is 5.91 Å². The molecular formula is C15H21NO4. The highest BCUT2D eigenvalue weighted by atomic mass is 16.5. The molecule has 110 valence electrons. The molecule has 0 bridgehead atoms. The van der Waals surface area contributed by atoms with Gasteiger partial charge in [-0.2, -0.15) is 0 Å². The van der Waals surface area contributed by atoms with E-state index in [2.05, 4.69) is 5.32 Å². The van der Waals surface area contributed by atoms with Gasteiger partial charge in [-0.25, -0.2) is 0 Å². The summed E-state index contributed by atoms with van der Waals surface area (Å²) in [4.78, 5) is 12.0. The van der Waals surface area contributed by atoms with Gasteiger partial charge < -0.3 is 19.5 Å². The third-order valence-electron chi connectivity index (χ3n) is 3.49. The van der Waals surface area contributed by atoms with Gasteiger partial charge in [0, 0.05) is 6.61 Å². The minimum absolute atomic E-state index is 0.0511. The molecule has 1 aliphatic rings. The van der Waals surface area contributed by atoms with Gasteiger partial charge in [-0.1, -0.05) is 6.07 Å². The second-order valence-corrected chi connectivity index (χ2v) is 4.85. The predicted molar refractivity (Wildman–Crippen MR) is 75.1 cm³/mol. The Morgan fingerprint density at radius 2 is 2.10 bits per heavy atom. The first kappa shape index (κ1) is 14.7. The quantitative estimate of drug-likeness (QED) is 0.896. The Hall–Kier alpha value is -1.75. The molecule has 1 aromatic rings. The predicted octanol–water partition coefficient (Wildman–Crippen LogP) is 2.06. The normalized spacial score (nSPS) is 19.4. The summed E-state index contributed by atoms with van der Waals surface area (Å²) < 4.78 is 15.8. The van der Waals surface area contributed by atoms with Crippen molar-refractivity contribution in [3.63, 3.8) is 0 Å². The average molecular weight is 279 g/mol. The standard InChI is InChI=1S/C15H21NO4/c1-10(16-15(17)13-5-4-8-20-13)11-6-7-12(18-2)14(9-11)19-3/h6-7,9-10,13H,4-5,8H2,1-3H3,(H,16,17)/t10-,13-/m0/s1. The molecule has 0 radical (unpaired) electrons. The van der Waals surface area contributed by atoms with Crippen LogP contribution in [0.25, 0.3) is 0 Å². The number of ether oxygens (including phenoxy) is 3. The van der Waals surface area contributed by atoms with E-state index in [1.807, 2.05) is 25.1 Å². The van der Waals surface area contributed by atoms with Crippen molar-refractivity contribution in [2.75, 3.05) is 20.8 Å². The van der Waals surface area contributed by atoms with Crippen LogP contribution in [0.2, 0.25) is 0 Å². The minimum atomic E-state index is -0.308. The molecule has 2 rings (SSSR count). The third-order valence-corrected chi connectivity index (χ3v) is 3.49. The first-order valence-electron chi connectivity index (χ1n) is 6.79. The molecule has 0 unspecified atom stereocenters. The van der Waals surface area contributed by atoms with Gasteiger partial charge in [-0.05, 0) is 37.5 Å². The van der Waals surface area contributed by atoms with Crippen molar-refractivity contribution in [1.29, 1.82) is 0 Å². The summed E-state index contributed by atoms with van der Waals surface area (Å²) in [5.41, 5.74) is 0.967. The molecule has 1 N–H and O–H groups in total. The molecule has 5 nitrogen and oxygen atoms in total. The highest BCUT2D eigenvalue weighted by Gasteiger charge is 2.25. The second-order valence-electron chi connectivity index (χ2n) is 4.85. The maximum absolute atomic E-state index is 12.0. The lowest BCUT2D eigenvalue weighted by Crippen LogP contribution is -2.35. The lowest BCUT2D eigenvalue weighted by Gasteiger charge is -2.18. The van der Waals surface area contributed by atoms with E-state index in [1.54, 1.807) is 14.2 Å². The van der Waals surface area contributed by atoms with Crippen molar-refractivity contribution in [2.45, 2.75) is 31.9 Å². The summed E-state index contributed by atoms with van der Waals surface area (Å²) in [5.74, 6) is 1.28. The molecule has 1 saturated heterocycles. The van der Waals surface area contributed by atoms with Gasteiger partial charge in [-0.15, -0.1) is 0 Å². The van der Waals surface area contributed by atoms with E-state index >= 15 is 0 Å². The maximum Gasteiger partial charge on any atom is 0.249 e. The molecule has 5 heteroatoms. The summed E-state index contributed by atoms with van der Waals surface area (Å²) in [6, 6.07) is 5.52. The Bertz CT molecular complexity index is 469. The highest BCUT2D eigenvalue weighted by molar-refractivity contribution is 5.81. The first-order chi connectivity index (χ1) is 9.65. The van der Waals surface area contributed by atoms with E-state index in [0.29, 0.717) is 18.1 Å². The monoisotopic (exact) mass is 279 g/mol. The number of benzene rings is 1. The molecule has 0 spiro atoms. The SMILES string of the molecule is COc1ccc([C@H](C)NC(=O)[C@@H]2CCCO2)cc1OC. The van der Waals surface area contributed by atoms with E-state index in [1.165, 1.54) is 0 Å². The van der Waals surface area contributed by atoms with Gasteiger partial charge in [0.2, 0.25) is 5.91 Å². The fourth-order valence-corrected chi connectivity index (χ4v) is 2.30. The summed E-state index contributed by atoms with van der Waals surface area (Å²) in [6.45, 7) is 2.61. The van der Waals surface area contributed by atoms with E-state index < -0.39 is 0 Å². The van der Waals surface area contributed by atoms with Crippen LogP contribution in [-0.4, -0.2) is 32.8 Å². The van der Waals surface area contributed by atoms with Crippen LogP contribution in [0.4, 0.5) is 0 Å². The van der Waals surface area contributed by atoms with Crippen LogP contribution in [0.1, 0.15) is 31.4 Å². The molecule has 1 heterocycles. The van der Waals surface area contributed by atoms with Crippen molar-refractivity contribution < 1.29 is 19.0 Å². The average Bonchev–Trinajstić information content (AvgIpc) is 3.00. The van der Waals surface area contributed by atoms with Gasteiger partial charge in [0.15, 0.2) is 11.5 Å². The number of hydrogen-bond acceptors (Lipinski definition) is 4. The Labute approximate surface area is 119 Å². The fourth-order valence-electron chi connectivity index (χ4n) is 2.30. The second kappa shape index (κ2) is 6.61. The summed E-state index contributed by atoms with van der Waals surface area (Å²) in [6.07, 6.45) is 1.44. The van der Waals surface area contributed by atoms with Gasteiger partial charge in [-0.3, -0.25) is 4.79 Å². The third kappa shape index (κ3) is 3.22. The number of carbonyl (C=O) groups excluding carboxylic acids is 1. The van der Waals surface area contributed by atoms with Crippen LogP contribution in [-0.2, 0) is 9.53 Å². The zero-order valence-electron chi connectivity index (χ0n) is 12.1. The van der Waals surface area contributed by atoms with Crippen molar-refractivity contribution in [3.05, 3.63) is 23.8 Å². The number of carbonyl (C=O) groups is 1. The molecule has 0 aromatic heterocycles. The zero-order valence-corrected chi connectivity index (χ0v) is 12.1. The van der Waals surface area contributed by atoms with Crippen LogP contribution in [0.5, 0.6) is 11.5 Å². The topological polar surface area (TPSA) is 56.8 Å². The highest BCUT2D eigenvalue weighted by Crippen LogP contribution is 2.30. The Morgan fingerprint density at radius 3 is 2.70 bits per heavy atom. The molecule has 0 saturated carbocycles. The summed E-state index contributed by atoms with van der Waals surface area (Å²) in [5, 5.41) is 2.97. The smallest absolute Gasteiger partial charge is 0.249 e. The zero-order chi connectivity index (χ0) is 14.5. The van der Waals surface area contributed by atoms with Gasteiger partial charge in [0.05, 0.1) is 20.3 Å². The Morgan fingerprint density at radius 1 is 1.35 bits per heavy atom. The van der Waals surface area contributed by atoms with Gasteiger partial charge in [0.25, 0.3) is 0 Å². The van der Waals surface area contributed by atoms with Crippen LogP contribution in [0.3, 0.4) is 0 Å². The molecule has 1 fully saturated rings. The van der Waals surface area contributed by atoms with E-state index in [0.717, 1.165) is 18.4 Å². The molecule has 0 aliphatic carbocycles. The molecule has 2 atom stereocenters. The van der Waals surface area contributed by atoms with Crippen molar-refractivity contribution in [2.24, 2.45) is 0 Å². The van der Waals surface area contributed by atoms with Crippen LogP contribution >= 0.6 is 0 Å². The minimum Gasteiger partial charge on any atom is -0.493 e. The molecular weight excluding hydrogens is 258 g/mol. The van der Waals surface area contributed by atoms with Crippen LogP contribution in [0, 0.1) is 0 Å². The van der Waals surface area contributed by atoms with Gasteiger partial charge in [0.1, 0.15) is 6.10 Å². The molecule has 20 heavy (non-hydrogen) atoms. The van der Waals surface area contributed by atoms with Crippen molar-refractivity contribution in [1.82, 2.24) is 5.32 Å². The number of amides is 1. The van der Waals surface area contributed by atoms with Gasteiger partial charge >= 0.3 is 0 Å². The fraction of sp³-hybridized carbons (Fsp3) is 0.533. The summed E-state index contributed by atoms with van der Waals surface area (Å²) in [7, 11) is 3.19. The lowest BCUT2D eigenvalue weighted by atomic mass is 10.1. The Kier molecular flexibility index (Phi) is 4.84. The molecule has 1 aliphatic heterocycles. The molecule has 1 amide bonds. The molecule has 1 aromatic carbocycles. The first-order valence-corrected chi connectivity index (χ1v) is 6.79. The number of nitrogens with one attached hydrogen (secondary N) is 1. The van der Waals surface area contributed by atoms with E-state index in [9.17, 15) is 4.79 Å². The van der Waals surface area contributed by atoms with Crippen LogP contribution in [0.15, 0.2) is 18.2 Å². The summed E-state index contributed by atoms with van der Waals surface area (Å²) >= 11 is 0. The van der Waals surface area contributed by atoms with Crippen molar-refractivity contribution in [3.8, 4) is 11.5 Å². The lowest BCUT2D eigenvalue weighted by molar-refractivity contribution is -0.130. The number of hydrogen-bond donors (Lipinski definition) is 1. The largest absolute Gasteiger partial charge is 0.493 e. The maximum atomic E-state index is 12.0. The van der Waals surface area contributed by atoms with E-state index in [-0.39, 0.29) is 18.1 Å². The number of rotatable bonds is 5.